The molecule has 0 aliphatic carbocycles. The lowest BCUT2D eigenvalue weighted by molar-refractivity contribution is -0.115. The highest BCUT2D eigenvalue weighted by Gasteiger charge is 2.13. The van der Waals surface area contributed by atoms with Gasteiger partial charge in [0.05, 0.1) is 13.2 Å². The van der Waals surface area contributed by atoms with Crippen molar-refractivity contribution in [2.24, 2.45) is 0 Å². The van der Waals surface area contributed by atoms with E-state index in [0.29, 0.717) is 6.54 Å². The molecule has 0 saturated carbocycles. The molecule has 2 aromatic rings. The largest absolute Gasteiger partial charge is 0.395 e. The molecular formula is C19H24N2O2. The third kappa shape index (κ3) is 4.57. The molecule has 1 amide bonds. The van der Waals surface area contributed by atoms with Crippen molar-refractivity contribution in [2.75, 3.05) is 29.9 Å². The molecule has 0 heterocycles. The van der Waals surface area contributed by atoms with Gasteiger partial charge in [-0.3, -0.25) is 4.79 Å². The van der Waals surface area contributed by atoms with Crippen molar-refractivity contribution in [1.29, 1.82) is 0 Å². The fraction of sp³-hybridized carbons (Fsp3) is 0.316. The summed E-state index contributed by atoms with van der Waals surface area (Å²) in [7, 11) is 0. The molecule has 2 aromatic carbocycles. The Morgan fingerprint density at radius 3 is 2.26 bits per heavy atom. The minimum atomic E-state index is -0.0858. The van der Waals surface area contributed by atoms with Crippen LogP contribution in [0.1, 0.15) is 16.7 Å². The molecule has 0 aliphatic rings. The second-order valence-electron chi connectivity index (χ2n) is 5.80. The number of benzene rings is 2. The summed E-state index contributed by atoms with van der Waals surface area (Å²) in [6.07, 6.45) is 0. The Bertz CT molecular complexity index is 645. The topological polar surface area (TPSA) is 52.6 Å². The van der Waals surface area contributed by atoms with E-state index >= 15 is 0 Å². The van der Waals surface area contributed by atoms with Gasteiger partial charge in [-0.1, -0.05) is 35.9 Å². The Morgan fingerprint density at radius 2 is 1.70 bits per heavy atom. The van der Waals surface area contributed by atoms with Crippen LogP contribution in [-0.4, -0.2) is 30.7 Å². The van der Waals surface area contributed by atoms with Crippen LogP contribution >= 0.6 is 0 Å². The zero-order valence-electron chi connectivity index (χ0n) is 14.0. The predicted molar refractivity (Wildman–Crippen MR) is 95.0 cm³/mol. The maximum atomic E-state index is 12.4. The van der Waals surface area contributed by atoms with Crippen LogP contribution in [0.2, 0.25) is 0 Å². The summed E-state index contributed by atoms with van der Waals surface area (Å²) >= 11 is 0. The minimum absolute atomic E-state index is 0.00472. The Morgan fingerprint density at radius 1 is 1.09 bits per heavy atom. The fourth-order valence-corrected chi connectivity index (χ4v) is 2.79. The van der Waals surface area contributed by atoms with Gasteiger partial charge in [0.2, 0.25) is 5.91 Å². The third-order valence-corrected chi connectivity index (χ3v) is 3.77. The first-order valence-corrected chi connectivity index (χ1v) is 7.80. The highest BCUT2D eigenvalue weighted by Crippen LogP contribution is 2.22. The maximum Gasteiger partial charge on any atom is 0.243 e. The van der Waals surface area contributed by atoms with Crippen molar-refractivity contribution >= 4 is 17.3 Å². The number of aryl methyl sites for hydroxylation is 3. The van der Waals surface area contributed by atoms with Gasteiger partial charge in [-0.2, -0.15) is 0 Å². The number of hydrogen-bond acceptors (Lipinski definition) is 3. The van der Waals surface area contributed by atoms with Crippen molar-refractivity contribution in [1.82, 2.24) is 0 Å². The van der Waals surface area contributed by atoms with Crippen LogP contribution in [0.3, 0.4) is 0 Å². The number of nitrogens with zero attached hydrogens (tertiary/aromatic N) is 1. The number of carbonyl (C=O) groups excluding carboxylic acids is 1. The molecule has 0 radical (unpaired) electrons. The summed E-state index contributed by atoms with van der Waals surface area (Å²) in [5.41, 5.74) is 5.10. The molecule has 2 rings (SSSR count). The lowest BCUT2D eigenvalue weighted by Crippen LogP contribution is -2.35. The number of amides is 1. The maximum absolute atomic E-state index is 12.4. The monoisotopic (exact) mass is 312 g/mol. The summed E-state index contributed by atoms with van der Waals surface area (Å²) in [5, 5.41) is 12.2. The molecule has 0 spiro atoms. The first-order valence-electron chi connectivity index (χ1n) is 7.80. The van der Waals surface area contributed by atoms with E-state index in [1.54, 1.807) is 0 Å². The molecule has 0 aliphatic heterocycles. The van der Waals surface area contributed by atoms with Gasteiger partial charge >= 0.3 is 0 Å². The van der Waals surface area contributed by atoms with E-state index in [9.17, 15) is 9.90 Å². The number of carbonyl (C=O) groups is 1. The van der Waals surface area contributed by atoms with Crippen molar-refractivity contribution in [2.45, 2.75) is 20.8 Å². The van der Waals surface area contributed by atoms with E-state index < -0.39 is 0 Å². The van der Waals surface area contributed by atoms with E-state index in [1.165, 1.54) is 5.56 Å². The molecule has 0 bridgehead atoms. The fourth-order valence-electron chi connectivity index (χ4n) is 2.79. The molecular weight excluding hydrogens is 288 g/mol. The quantitative estimate of drug-likeness (QED) is 0.862. The Kier molecular flexibility index (Phi) is 5.77. The number of rotatable bonds is 6. The van der Waals surface area contributed by atoms with E-state index in [1.807, 2.05) is 56.0 Å². The first-order chi connectivity index (χ1) is 11.0. The van der Waals surface area contributed by atoms with Crippen LogP contribution in [0, 0.1) is 20.8 Å². The van der Waals surface area contributed by atoms with Gasteiger partial charge in [0, 0.05) is 17.9 Å². The molecule has 23 heavy (non-hydrogen) atoms. The van der Waals surface area contributed by atoms with Crippen LogP contribution in [0.15, 0.2) is 42.5 Å². The van der Waals surface area contributed by atoms with Crippen LogP contribution in [0.5, 0.6) is 0 Å². The summed E-state index contributed by atoms with van der Waals surface area (Å²) < 4.78 is 0. The summed E-state index contributed by atoms with van der Waals surface area (Å²) in [6, 6.07) is 13.8. The van der Waals surface area contributed by atoms with E-state index in [2.05, 4.69) is 17.4 Å². The molecule has 0 atom stereocenters. The summed E-state index contributed by atoms with van der Waals surface area (Å²) in [6.45, 7) is 6.67. The van der Waals surface area contributed by atoms with E-state index in [4.69, 9.17) is 0 Å². The number of aliphatic hydroxyl groups excluding tert-OH is 1. The normalized spacial score (nSPS) is 10.4. The minimum Gasteiger partial charge on any atom is -0.395 e. The summed E-state index contributed by atoms with van der Waals surface area (Å²) in [4.78, 5) is 14.3. The van der Waals surface area contributed by atoms with Crippen LogP contribution < -0.4 is 10.2 Å². The van der Waals surface area contributed by atoms with Crippen molar-refractivity contribution < 1.29 is 9.90 Å². The summed E-state index contributed by atoms with van der Waals surface area (Å²) in [5.74, 6) is -0.0858. The van der Waals surface area contributed by atoms with E-state index in [-0.39, 0.29) is 19.1 Å². The number of nitrogens with one attached hydrogen (secondary N) is 1. The van der Waals surface area contributed by atoms with Gasteiger partial charge in [0.25, 0.3) is 0 Å². The highest BCUT2D eigenvalue weighted by atomic mass is 16.3. The van der Waals surface area contributed by atoms with Crippen LogP contribution in [0.25, 0.3) is 0 Å². The lowest BCUT2D eigenvalue weighted by Gasteiger charge is -2.24. The molecule has 0 unspecified atom stereocenters. The van der Waals surface area contributed by atoms with Gasteiger partial charge in [0.15, 0.2) is 0 Å². The first kappa shape index (κ1) is 17.0. The Labute approximate surface area is 137 Å². The second-order valence-corrected chi connectivity index (χ2v) is 5.80. The third-order valence-electron chi connectivity index (χ3n) is 3.77. The van der Waals surface area contributed by atoms with Gasteiger partial charge < -0.3 is 15.3 Å². The number of anilines is 2. The average molecular weight is 312 g/mol. The van der Waals surface area contributed by atoms with Crippen LogP contribution in [-0.2, 0) is 4.79 Å². The average Bonchev–Trinajstić information content (AvgIpc) is 2.51. The molecule has 4 heteroatoms. The molecule has 0 fully saturated rings. The zero-order valence-corrected chi connectivity index (χ0v) is 14.0. The lowest BCUT2D eigenvalue weighted by atomic mass is 10.1. The molecule has 122 valence electrons. The van der Waals surface area contributed by atoms with Crippen LogP contribution in [0.4, 0.5) is 11.4 Å². The SMILES string of the molecule is Cc1cc(C)c(NC(=O)CN(CCO)c2ccccc2)c(C)c1. The smallest absolute Gasteiger partial charge is 0.243 e. The van der Waals surface area contributed by atoms with Crippen molar-refractivity contribution in [3.05, 3.63) is 59.2 Å². The highest BCUT2D eigenvalue weighted by molar-refractivity contribution is 5.95. The number of aliphatic hydroxyl groups is 1. The molecule has 4 nitrogen and oxygen atoms in total. The Hall–Kier alpha value is -2.33. The molecule has 0 saturated heterocycles. The number of hydrogen-bond donors (Lipinski definition) is 2. The molecule has 2 N–H and O–H groups in total. The van der Waals surface area contributed by atoms with Gasteiger partial charge in [-0.15, -0.1) is 0 Å². The second kappa shape index (κ2) is 7.79. The van der Waals surface area contributed by atoms with Gasteiger partial charge in [-0.25, -0.2) is 0 Å². The Balaban J connectivity index is 2.11. The van der Waals surface area contributed by atoms with Crippen molar-refractivity contribution in [3.63, 3.8) is 0 Å². The standard InChI is InChI=1S/C19H24N2O2/c1-14-11-15(2)19(16(3)12-14)20-18(23)13-21(9-10-22)17-7-5-4-6-8-17/h4-8,11-12,22H,9-10,13H2,1-3H3,(H,20,23). The van der Waals surface area contributed by atoms with Gasteiger partial charge in [0.1, 0.15) is 0 Å². The predicted octanol–water partition coefficient (Wildman–Crippen LogP) is 3.05. The van der Waals surface area contributed by atoms with Gasteiger partial charge in [-0.05, 0) is 44.0 Å². The zero-order chi connectivity index (χ0) is 16.8. The van der Waals surface area contributed by atoms with E-state index in [0.717, 1.165) is 22.5 Å². The molecule has 0 aromatic heterocycles. The van der Waals surface area contributed by atoms with Crippen molar-refractivity contribution in [3.8, 4) is 0 Å². The number of para-hydroxylation sites is 1.